The van der Waals surface area contributed by atoms with Gasteiger partial charge in [0.2, 0.25) is 5.91 Å². The molecule has 12 heteroatoms. The fraction of sp³-hybridized carbons (Fsp3) is 0.419. The number of aromatic nitrogens is 2. The van der Waals surface area contributed by atoms with Crippen LogP contribution >= 0.6 is 11.6 Å². The fourth-order valence-corrected chi connectivity index (χ4v) is 6.28. The number of hydrogen-bond acceptors (Lipinski definition) is 9. The van der Waals surface area contributed by atoms with Gasteiger partial charge in [0.25, 0.3) is 0 Å². The molecule has 4 heterocycles. The van der Waals surface area contributed by atoms with E-state index in [2.05, 4.69) is 31.9 Å². The predicted molar refractivity (Wildman–Crippen MR) is 170 cm³/mol. The highest BCUT2D eigenvalue weighted by Gasteiger charge is 2.28. The van der Waals surface area contributed by atoms with Crippen LogP contribution in [-0.4, -0.2) is 78.2 Å². The number of nitrogen functional groups attached to an aromatic ring is 1. The molecule has 0 saturated carbocycles. The number of amides is 3. The molecule has 0 bridgehead atoms. The minimum absolute atomic E-state index is 0.141. The highest BCUT2D eigenvalue weighted by atomic mass is 35.5. The molecule has 3 saturated heterocycles. The number of urea groups is 1. The Balaban J connectivity index is 1.07. The maximum atomic E-state index is 12.1. The molecule has 5 N–H and O–H groups in total. The molecule has 0 aliphatic carbocycles. The second-order valence-corrected chi connectivity index (χ2v) is 12.3. The van der Waals surface area contributed by atoms with E-state index in [1.54, 1.807) is 11.1 Å². The molecule has 3 fully saturated rings. The van der Waals surface area contributed by atoms with Crippen molar-refractivity contribution in [3.63, 3.8) is 0 Å². The van der Waals surface area contributed by atoms with Crippen LogP contribution in [-0.2, 0) is 11.3 Å². The molecule has 0 atom stereocenters. The molecule has 43 heavy (non-hydrogen) atoms. The molecule has 3 aliphatic rings. The van der Waals surface area contributed by atoms with Gasteiger partial charge in [0.15, 0.2) is 5.82 Å². The van der Waals surface area contributed by atoms with Gasteiger partial charge in [0.1, 0.15) is 11.5 Å². The summed E-state index contributed by atoms with van der Waals surface area (Å²) in [4.78, 5) is 41.5. The van der Waals surface area contributed by atoms with Gasteiger partial charge in [-0.3, -0.25) is 19.9 Å². The van der Waals surface area contributed by atoms with Crippen molar-refractivity contribution in [2.45, 2.75) is 38.3 Å². The largest absolute Gasteiger partial charge is 0.382 e. The summed E-state index contributed by atoms with van der Waals surface area (Å²) < 4.78 is 0. The number of hydrogen-bond donors (Lipinski definition) is 3. The Hall–Kier alpha value is -3.93. The van der Waals surface area contributed by atoms with Crippen LogP contribution in [0.3, 0.4) is 0 Å². The monoisotopic (exact) mass is 603 g/mol. The van der Waals surface area contributed by atoms with E-state index in [9.17, 15) is 9.59 Å². The molecule has 3 amide bonds. The van der Waals surface area contributed by atoms with Gasteiger partial charge in [-0.2, -0.15) is 0 Å². The lowest BCUT2D eigenvalue weighted by Gasteiger charge is -2.37. The van der Waals surface area contributed by atoms with Crippen LogP contribution in [0.1, 0.15) is 31.7 Å². The number of piperidine rings is 1. The normalized spacial score (nSPS) is 19.5. The van der Waals surface area contributed by atoms with Gasteiger partial charge >= 0.3 is 6.03 Å². The number of carbonyl (C=O) groups is 2. The van der Waals surface area contributed by atoms with Gasteiger partial charge in [0, 0.05) is 75.6 Å². The summed E-state index contributed by atoms with van der Waals surface area (Å²) in [6, 6.07) is 13.6. The van der Waals surface area contributed by atoms with E-state index in [4.69, 9.17) is 28.1 Å². The smallest absolute Gasteiger partial charge is 0.328 e. The van der Waals surface area contributed by atoms with Crippen molar-refractivity contribution in [2.75, 3.05) is 66.2 Å². The van der Waals surface area contributed by atoms with Gasteiger partial charge < -0.3 is 21.3 Å². The first-order valence-corrected chi connectivity index (χ1v) is 15.2. The van der Waals surface area contributed by atoms with E-state index in [0.29, 0.717) is 29.5 Å². The maximum absolute atomic E-state index is 12.1. The van der Waals surface area contributed by atoms with Crippen LogP contribution in [0.5, 0.6) is 0 Å². The van der Waals surface area contributed by atoms with Gasteiger partial charge in [-0.15, -0.1) is 0 Å². The van der Waals surface area contributed by atoms with Crippen molar-refractivity contribution in [1.29, 1.82) is 0 Å². The molecule has 0 unspecified atom stereocenters. The van der Waals surface area contributed by atoms with E-state index in [1.165, 1.54) is 5.56 Å². The number of nitrogens with one attached hydrogen (secondary N) is 1. The Kier molecular flexibility index (Phi) is 8.13. The first-order valence-electron chi connectivity index (χ1n) is 14.8. The van der Waals surface area contributed by atoms with E-state index in [-0.39, 0.29) is 17.5 Å². The minimum atomic E-state index is -0.368. The van der Waals surface area contributed by atoms with Crippen LogP contribution in [0, 0.1) is 0 Å². The number of nitrogens with zero attached hydrogens (tertiary/aromatic N) is 6. The second-order valence-electron chi connectivity index (χ2n) is 11.9. The van der Waals surface area contributed by atoms with Gasteiger partial charge in [-0.1, -0.05) is 35.9 Å². The molecule has 0 radical (unpaired) electrons. The van der Waals surface area contributed by atoms with Crippen molar-refractivity contribution in [3.8, 4) is 11.3 Å². The van der Waals surface area contributed by atoms with Gasteiger partial charge in [0.05, 0.1) is 16.9 Å². The van der Waals surface area contributed by atoms with E-state index in [1.807, 2.05) is 42.5 Å². The third-order valence-corrected chi connectivity index (χ3v) is 9.07. The van der Waals surface area contributed by atoms with Crippen LogP contribution in [0.4, 0.5) is 27.8 Å². The zero-order valence-electron chi connectivity index (χ0n) is 24.4. The molecule has 6 rings (SSSR count). The molecule has 0 spiro atoms. The number of anilines is 4. The summed E-state index contributed by atoms with van der Waals surface area (Å²) in [6.07, 6.45) is 3.88. The number of nitrogens with two attached hydrogens (primary N) is 2. The Morgan fingerprint density at radius 2 is 1.67 bits per heavy atom. The molecule has 11 nitrogen and oxygen atoms in total. The summed E-state index contributed by atoms with van der Waals surface area (Å²) in [5.41, 5.74) is 16.9. The lowest BCUT2D eigenvalue weighted by Crippen LogP contribution is -2.49. The molecule has 1 aromatic heterocycles. The van der Waals surface area contributed by atoms with E-state index < -0.39 is 0 Å². The van der Waals surface area contributed by atoms with Crippen LogP contribution in [0.2, 0.25) is 5.02 Å². The third kappa shape index (κ3) is 6.39. The topological polar surface area (TPSA) is 137 Å². The van der Waals surface area contributed by atoms with E-state index >= 15 is 0 Å². The summed E-state index contributed by atoms with van der Waals surface area (Å²) in [5, 5.41) is 3.00. The average Bonchev–Trinajstić information content (AvgIpc) is 2.99. The number of benzene rings is 2. The van der Waals surface area contributed by atoms with Crippen LogP contribution in [0.15, 0.2) is 48.7 Å². The molecule has 226 valence electrons. The van der Waals surface area contributed by atoms with Crippen molar-refractivity contribution in [1.82, 2.24) is 20.2 Å². The number of halogens is 1. The summed E-state index contributed by atoms with van der Waals surface area (Å²) in [6.45, 7) is 8.38. The summed E-state index contributed by atoms with van der Waals surface area (Å²) in [5.74, 6) is 0.900. The lowest BCUT2D eigenvalue weighted by atomic mass is 9.91. The number of carbonyl (C=O) groups excluding carboxylic acids is 2. The lowest BCUT2D eigenvalue weighted by molar-refractivity contribution is -0.120. The van der Waals surface area contributed by atoms with E-state index in [0.717, 1.165) is 81.4 Å². The molecular weight excluding hydrogens is 566 g/mol. The molecule has 2 aromatic carbocycles. The zero-order chi connectivity index (χ0) is 30.1. The first kappa shape index (κ1) is 29.2. The van der Waals surface area contributed by atoms with Crippen molar-refractivity contribution < 1.29 is 9.59 Å². The Morgan fingerprint density at radius 3 is 2.35 bits per heavy atom. The summed E-state index contributed by atoms with van der Waals surface area (Å²) >= 11 is 6.98. The predicted octanol–water partition coefficient (Wildman–Crippen LogP) is 3.47. The van der Waals surface area contributed by atoms with Crippen molar-refractivity contribution >= 4 is 46.5 Å². The highest BCUT2D eigenvalue weighted by molar-refractivity contribution is 6.36. The number of rotatable bonds is 6. The van der Waals surface area contributed by atoms with Crippen molar-refractivity contribution in [2.24, 2.45) is 5.73 Å². The van der Waals surface area contributed by atoms with Crippen LogP contribution < -0.4 is 31.5 Å². The third-order valence-electron chi connectivity index (χ3n) is 8.67. The Labute approximate surface area is 256 Å². The van der Waals surface area contributed by atoms with Crippen molar-refractivity contribution in [3.05, 3.63) is 59.2 Å². The highest BCUT2D eigenvalue weighted by Crippen LogP contribution is 2.38. The second kappa shape index (κ2) is 12.0. The molecular formula is C31H38ClN9O2. The Bertz CT molecular complexity index is 1500. The zero-order valence-corrected chi connectivity index (χ0v) is 25.2. The molecule has 3 aromatic rings. The Morgan fingerprint density at radius 1 is 0.953 bits per heavy atom. The van der Waals surface area contributed by atoms with Gasteiger partial charge in [-0.05, 0) is 43.5 Å². The average molecular weight is 604 g/mol. The number of imide groups is 1. The first-order chi connectivity index (χ1) is 20.7. The fourth-order valence-electron chi connectivity index (χ4n) is 5.94. The summed E-state index contributed by atoms with van der Waals surface area (Å²) in [7, 11) is 0. The minimum Gasteiger partial charge on any atom is -0.382 e. The van der Waals surface area contributed by atoms with Crippen LogP contribution in [0.25, 0.3) is 11.3 Å². The maximum Gasteiger partial charge on any atom is 0.328 e. The SMILES string of the molecule is CC1(N)CCN(c2cnc(-c3cccc(N4CCN(Cc5ccc(N6CCC(=O)NC6=O)cc5)CC4)c3Cl)c(N)n2)CC1. The molecule has 3 aliphatic heterocycles. The standard InChI is InChI=1S/C31H38ClN9O2/c1-31(34)10-13-40(14-11-31)25-19-35-28(29(33)36-25)23-3-2-4-24(27(23)32)39-17-15-38(16-18-39)20-21-5-7-22(8-6-21)41-12-9-26(42)37-30(41)43/h2-8,19H,9-18,20,34H2,1H3,(H2,33,36)(H,37,42,43). The number of piperazine rings is 1. The van der Waals surface area contributed by atoms with Gasteiger partial charge in [-0.25, -0.2) is 14.8 Å². The quantitative estimate of drug-likeness (QED) is 0.387.